The lowest BCUT2D eigenvalue weighted by atomic mass is 10.0. The van der Waals surface area contributed by atoms with Gasteiger partial charge in [0.05, 0.1) is 13.0 Å². The molecule has 0 aliphatic rings. The standard InChI is InChI=1S/C16H26N2O2.ClH/c1-12(2)13-5-7-14(8-6-13)20-10-9-15(19)18-16(3,4)11-17;/h5-8,12H,9-11,17H2,1-4H3,(H,18,19);1H. The summed E-state index contributed by atoms with van der Waals surface area (Å²) in [4.78, 5) is 11.7. The maximum atomic E-state index is 11.7. The van der Waals surface area contributed by atoms with Gasteiger partial charge in [-0.2, -0.15) is 0 Å². The van der Waals surface area contributed by atoms with Crippen LogP contribution in [0.2, 0.25) is 0 Å². The molecule has 1 aromatic carbocycles. The molecule has 120 valence electrons. The second kappa shape index (κ2) is 8.90. The number of benzene rings is 1. The molecule has 1 amide bonds. The van der Waals surface area contributed by atoms with Crippen molar-refractivity contribution < 1.29 is 9.53 Å². The van der Waals surface area contributed by atoms with Crippen LogP contribution in [0.5, 0.6) is 5.75 Å². The molecule has 0 aliphatic carbocycles. The topological polar surface area (TPSA) is 64.3 Å². The van der Waals surface area contributed by atoms with E-state index in [2.05, 4.69) is 31.3 Å². The molecule has 4 nitrogen and oxygen atoms in total. The van der Waals surface area contributed by atoms with E-state index in [0.29, 0.717) is 25.5 Å². The first-order chi connectivity index (χ1) is 9.34. The Morgan fingerprint density at radius 2 is 1.86 bits per heavy atom. The zero-order valence-corrected chi connectivity index (χ0v) is 14.1. The Hall–Kier alpha value is -1.26. The van der Waals surface area contributed by atoms with E-state index in [1.54, 1.807) is 0 Å². The van der Waals surface area contributed by atoms with E-state index in [1.807, 2.05) is 26.0 Å². The first kappa shape index (κ1) is 19.7. The fraction of sp³-hybridized carbons (Fsp3) is 0.562. The number of amides is 1. The molecule has 0 saturated heterocycles. The van der Waals surface area contributed by atoms with Crippen molar-refractivity contribution in [2.45, 2.75) is 45.6 Å². The summed E-state index contributed by atoms with van der Waals surface area (Å²) in [6.07, 6.45) is 0.329. The third-order valence-electron chi connectivity index (χ3n) is 3.13. The highest BCUT2D eigenvalue weighted by molar-refractivity contribution is 5.85. The lowest BCUT2D eigenvalue weighted by molar-refractivity contribution is -0.123. The molecule has 0 fully saturated rings. The van der Waals surface area contributed by atoms with Crippen LogP contribution >= 0.6 is 12.4 Å². The molecule has 0 spiro atoms. The van der Waals surface area contributed by atoms with Crippen LogP contribution in [0.4, 0.5) is 0 Å². The highest BCUT2D eigenvalue weighted by Gasteiger charge is 2.17. The van der Waals surface area contributed by atoms with E-state index >= 15 is 0 Å². The maximum Gasteiger partial charge on any atom is 0.223 e. The predicted octanol–water partition coefficient (Wildman–Crippen LogP) is 2.85. The van der Waals surface area contributed by atoms with Gasteiger partial charge in [-0.25, -0.2) is 0 Å². The van der Waals surface area contributed by atoms with Crippen LogP contribution in [0, 0.1) is 0 Å². The molecule has 0 aliphatic heterocycles. The molecular weight excluding hydrogens is 288 g/mol. The molecule has 0 bridgehead atoms. The Morgan fingerprint density at radius 3 is 2.33 bits per heavy atom. The molecule has 0 aromatic heterocycles. The van der Waals surface area contributed by atoms with Crippen LogP contribution in [0.1, 0.15) is 45.6 Å². The Bertz CT molecular complexity index is 430. The number of nitrogens with two attached hydrogens (primary N) is 1. The van der Waals surface area contributed by atoms with Crippen molar-refractivity contribution in [2.75, 3.05) is 13.2 Å². The van der Waals surface area contributed by atoms with Crippen molar-refractivity contribution in [1.82, 2.24) is 5.32 Å². The molecule has 0 atom stereocenters. The average molecular weight is 315 g/mol. The van der Waals surface area contributed by atoms with Gasteiger partial charge in [-0.05, 0) is 37.5 Å². The minimum absolute atomic E-state index is 0. The lowest BCUT2D eigenvalue weighted by Gasteiger charge is -2.24. The van der Waals surface area contributed by atoms with Gasteiger partial charge < -0.3 is 15.8 Å². The van der Waals surface area contributed by atoms with Crippen molar-refractivity contribution >= 4 is 18.3 Å². The molecule has 21 heavy (non-hydrogen) atoms. The fourth-order valence-corrected chi connectivity index (χ4v) is 1.70. The van der Waals surface area contributed by atoms with Crippen molar-refractivity contribution in [3.8, 4) is 5.75 Å². The maximum absolute atomic E-state index is 11.7. The quantitative estimate of drug-likeness (QED) is 0.813. The van der Waals surface area contributed by atoms with Crippen LogP contribution in [0.25, 0.3) is 0 Å². The Kier molecular flexibility index (Phi) is 8.37. The molecule has 0 radical (unpaired) electrons. The number of hydrogen-bond donors (Lipinski definition) is 2. The second-order valence-corrected chi connectivity index (χ2v) is 5.96. The summed E-state index contributed by atoms with van der Waals surface area (Å²) in [6, 6.07) is 7.99. The zero-order chi connectivity index (χ0) is 15.2. The van der Waals surface area contributed by atoms with Crippen molar-refractivity contribution in [2.24, 2.45) is 5.73 Å². The monoisotopic (exact) mass is 314 g/mol. The van der Waals surface area contributed by atoms with Crippen LogP contribution < -0.4 is 15.8 Å². The second-order valence-electron chi connectivity index (χ2n) is 5.96. The van der Waals surface area contributed by atoms with E-state index in [-0.39, 0.29) is 23.9 Å². The summed E-state index contributed by atoms with van der Waals surface area (Å²) in [5.74, 6) is 1.26. The molecule has 5 heteroatoms. The van der Waals surface area contributed by atoms with Gasteiger partial charge in [-0.1, -0.05) is 26.0 Å². The highest BCUT2D eigenvalue weighted by atomic mass is 35.5. The van der Waals surface area contributed by atoms with Gasteiger partial charge >= 0.3 is 0 Å². The zero-order valence-electron chi connectivity index (χ0n) is 13.3. The Morgan fingerprint density at radius 1 is 1.29 bits per heavy atom. The van der Waals surface area contributed by atoms with Gasteiger partial charge in [0.15, 0.2) is 0 Å². The highest BCUT2D eigenvalue weighted by Crippen LogP contribution is 2.18. The number of halogens is 1. The first-order valence-corrected chi connectivity index (χ1v) is 7.08. The summed E-state index contributed by atoms with van der Waals surface area (Å²) in [5.41, 5.74) is 6.48. The minimum atomic E-state index is -0.365. The summed E-state index contributed by atoms with van der Waals surface area (Å²) < 4.78 is 5.57. The van der Waals surface area contributed by atoms with Crippen LogP contribution in [-0.4, -0.2) is 24.6 Å². The van der Waals surface area contributed by atoms with Gasteiger partial charge in [0.2, 0.25) is 5.91 Å². The largest absolute Gasteiger partial charge is 0.493 e. The lowest BCUT2D eigenvalue weighted by Crippen LogP contribution is -2.49. The SMILES string of the molecule is CC(C)c1ccc(OCCC(=O)NC(C)(C)CN)cc1.Cl. The summed E-state index contributed by atoms with van der Waals surface area (Å²) in [6.45, 7) is 8.88. The normalized spacial score (nSPS) is 11.0. The summed E-state index contributed by atoms with van der Waals surface area (Å²) >= 11 is 0. The molecule has 0 saturated carbocycles. The van der Waals surface area contributed by atoms with Crippen molar-refractivity contribution in [3.63, 3.8) is 0 Å². The minimum Gasteiger partial charge on any atom is -0.493 e. The number of nitrogens with one attached hydrogen (secondary N) is 1. The van der Waals surface area contributed by atoms with E-state index < -0.39 is 0 Å². The van der Waals surface area contributed by atoms with Crippen molar-refractivity contribution in [1.29, 1.82) is 0 Å². The number of rotatable bonds is 7. The van der Waals surface area contributed by atoms with E-state index in [9.17, 15) is 4.79 Å². The Balaban J connectivity index is 0.00000400. The molecular formula is C16H27ClN2O2. The van der Waals surface area contributed by atoms with Crippen LogP contribution in [-0.2, 0) is 4.79 Å². The van der Waals surface area contributed by atoms with Gasteiger partial charge in [0.25, 0.3) is 0 Å². The Labute approximate surface area is 133 Å². The van der Waals surface area contributed by atoms with E-state index in [4.69, 9.17) is 10.5 Å². The summed E-state index contributed by atoms with van der Waals surface area (Å²) in [7, 11) is 0. The predicted molar refractivity (Wildman–Crippen MR) is 89.2 cm³/mol. The molecule has 3 N–H and O–H groups in total. The third kappa shape index (κ3) is 7.34. The number of ether oxygens (including phenoxy) is 1. The van der Waals surface area contributed by atoms with Crippen molar-refractivity contribution in [3.05, 3.63) is 29.8 Å². The van der Waals surface area contributed by atoms with Crippen LogP contribution in [0.3, 0.4) is 0 Å². The third-order valence-corrected chi connectivity index (χ3v) is 3.13. The average Bonchev–Trinajstić information content (AvgIpc) is 2.38. The van der Waals surface area contributed by atoms with E-state index in [1.165, 1.54) is 5.56 Å². The number of hydrogen-bond acceptors (Lipinski definition) is 3. The molecule has 0 heterocycles. The number of carbonyl (C=O) groups excluding carboxylic acids is 1. The fourth-order valence-electron chi connectivity index (χ4n) is 1.70. The van der Waals surface area contributed by atoms with E-state index in [0.717, 1.165) is 5.75 Å². The molecule has 1 aromatic rings. The molecule has 0 unspecified atom stereocenters. The first-order valence-electron chi connectivity index (χ1n) is 7.08. The van der Waals surface area contributed by atoms with Gasteiger partial charge in [0, 0.05) is 12.1 Å². The summed E-state index contributed by atoms with van der Waals surface area (Å²) in [5, 5.41) is 2.87. The van der Waals surface area contributed by atoms with Gasteiger partial charge in [-0.3, -0.25) is 4.79 Å². The number of carbonyl (C=O) groups is 1. The smallest absolute Gasteiger partial charge is 0.223 e. The van der Waals surface area contributed by atoms with Gasteiger partial charge in [0.1, 0.15) is 5.75 Å². The molecule has 1 rings (SSSR count). The van der Waals surface area contributed by atoms with Crippen LogP contribution in [0.15, 0.2) is 24.3 Å². The van der Waals surface area contributed by atoms with Gasteiger partial charge in [-0.15, -0.1) is 12.4 Å².